The molecule has 1 saturated heterocycles. The molecule has 2 heterocycles. The van der Waals surface area contributed by atoms with E-state index in [0.717, 1.165) is 4.88 Å². The molecule has 174 valence electrons. The molecule has 9 nitrogen and oxygen atoms in total. The van der Waals surface area contributed by atoms with Crippen LogP contribution in [0.5, 0.6) is 5.75 Å². The van der Waals surface area contributed by atoms with Crippen molar-refractivity contribution >= 4 is 39.6 Å². The molecule has 0 bridgehead atoms. The second kappa shape index (κ2) is 9.06. The molecule has 1 aromatic heterocycles. The Hall–Kier alpha value is -4.05. The van der Waals surface area contributed by atoms with Crippen LogP contribution in [0.2, 0.25) is 0 Å². The quantitative estimate of drug-likeness (QED) is 0.179. The van der Waals surface area contributed by atoms with Gasteiger partial charge in [-0.05, 0) is 50.6 Å². The smallest absolute Gasteiger partial charge is 0.301 e. The molecule has 1 fully saturated rings. The van der Waals surface area contributed by atoms with E-state index in [1.807, 2.05) is 13.8 Å². The van der Waals surface area contributed by atoms with Crippen LogP contribution in [0.15, 0.2) is 54.1 Å². The minimum atomic E-state index is -1.09. The molecule has 1 aliphatic rings. The normalized spacial score (nSPS) is 17.3. The first-order chi connectivity index (χ1) is 16.2. The first-order valence-corrected chi connectivity index (χ1v) is 11.3. The van der Waals surface area contributed by atoms with Crippen molar-refractivity contribution in [2.45, 2.75) is 26.8 Å². The number of carbonyl (C=O) groups is 2. The van der Waals surface area contributed by atoms with Crippen LogP contribution >= 0.6 is 11.3 Å². The van der Waals surface area contributed by atoms with E-state index in [9.17, 15) is 24.8 Å². The van der Waals surface area contributed by atoms with Gasteiger partial charge in [0.15, 0.2) is 5.13 Å². The average molecular weight is 480 g/mol. The number of nitro benzene ring substituents is 1. The Balaban J connectivity index is 1.92. The van der Waals surface area contributed by atoms with E-state index in [1.165, 1.54) is 34.4 Å². The molecular weight excluding hydrogens is 458 g/mol. The van der Waals surface area contributed by atoms with E-state index < -0.39 is 22.7 Å². The van der Waals surface area contributed by atoms with E-state index in [4.69, 9.17) is 4.74 Å². The third-order valence-electron chi connectivity index (χ3n) is 5.50. The van der Waals surface area contributed by atoms with E-state index >= 15 is 0 Å². The summed E-state index contributed by atoms with van der Waals surface area (Å²) in [5.41, 5.74) is 0.955. The number of amides is 1. The number of rotatable bonds is 6. The second-order valence-electron chi connectivity index (χ2n) is 7.62. The zero-order chi connectivity index (χ0) is 24.6. The van der Waals surface area contributed by atoms with Gasteiger partial charge >= 0.3 is 5.91 Å². The number of anilines is 1. The number of ether oxygens (including phenoxy) is 1. The predicted molar refractivity (Wildman–Crippen MR) is 127 cm³/mol. The van der Waals surface area contributed by atoms with Crippen LogP contribution in [0, 0.1) is 24.0 Å². The van der Waals surface area contributed by atoms with Crippen LogP contribution < -0.4 is 9.64 Å². The van der Waals surface area contributed by atoms with Crippen LogP contribution in [0.1, 0.15) is 34.7 Å². The highest BCUT2D eigenvalue weighted by Crippen LogP contribution is 2.44. The predicted octanol–water partition coefficient (Wildman–Crippen LogP) is 4.69. The molecule has 0 aliphatic carbocycles. The topological polar surface area (TPSA) is 123 Å². The number of ketones is 1. The van der Waals surface area contributed by atoms with Gasteiger partial charge in [-0.3, -0.25) is 24.6 Å². The van der Waals surface area contributed by atoms with Crippen molar-refractivity contribution in [2.24, 2.45) is 0 Å². The summed E-state index contributed by atoms with van der Waals surface area (Å²) in [5, 5.41) is 22.8. The van der Waals surface area contributed by atoms with E-state index in [0.29, 0.717) is 29.2 Å². The van der Waals surface area contributed by atoms with Gasteiger partial charge in [0.05, 0.1) is 28.8 Å². The number of Topliss-reactive ketones (excluding diaryl/α,β-unsaturated/α-hetero) is 1. The molecule has 10 heteroatoms. The zero-order valence-electron chi connectivity index (χ0n) is 18.6. The fraction of sp³-hybridized carbons (Fsp3) is 0.208. The third kappa shape index (κ3) is 4.03. The van der Waals surface area contributed by atoms with Gasteiger partial charge in [-0.1, -0.05) is 12.1 Å². The summed E-state index contributed by atoms with van der Waals surface area (Å²) in [7, 11) is 0. The summed E-state index contributed by atoms with van der Waals surface area (Å²) >= 11 is 1.23. The monoisotopic (exact) mass is 479 g/mol. The van der Waals surface area contributed by atoms with Crippen molar-refractivity contribution < 1.29 is 24.4 Å². The zero-order valence-corrected chi connectivity index (χ0v) is 19.5. The van der Waals surface area contributed by atoms with Crippen molar-refractivity contribution in [3.63, 3.8) is 0 Å². The summed E-state index contributed by atoms with van der Waals surface area (Å²) in [4.78, 5) is 43.7. The maximum Gasteiger partial charge on any atom is 0.301 e. The van der Waals surface area contributed by atoms with Crippen molar-refractivity contribution in [3.05, 3.63) is 85.9 Å². The van der Waals surface area contributed by atoms with Gasteiger partial charge in [-0.15, -0.1) is 11.3 Å². The molecule has 1 atom stereocenters. The number of aryl methyl sites for hydroxylation is 2. The number of thiazole rings is 1. The number of hydrogen-bond donors (Lipinski definition) is 1. The van der Waals surface area contributed by atoms with Gasteiger partial charge in [0, 0.05) is 22.6 Å². The number of nitro groups is 1. The SMILES string of the molecule is CCOc1ccc(C(O)=C2C(=O)C(=O)N(c3nc(C)c(C)s3)C2c2cccc([N+](=O)[O-])c2)cc1. The summed E-state index contributed by atoms with van der Waals surface area (Å²) < 4.78 is 5.42. The lowest BCUT2D eigenvalue weighted by Crippen LogP contribution is -2.29. The molecule has 1 unspecified atom stereocenters. The highest BCUT2D eigenvalue weighted by Gasteiger charge is 2.48. The minimum Gasteiger partial charge on any atom is -0.507 e. The van der Waals surface area contributed by atoms with Crippen molar-refractivity contribution in [3.8, 4) is 5.75 Å². The maximum atomic E-state index is 13.2. The first-order valence-electron chi connectivity index (χ1n) is 10.5. The van der Waals surface area contributed by atoms with Gasteiger partial charge in [0.25, 0.3) is 11.5 Å². The lowest BCUT2D eigenvalue weighted by Gasteiger charge is -2.22. The van der Waals surface area contributed by atoms with Crippen LogP contribution in [-0.2, 0) is 9.59 Å². The lowest BCUT2D eigenvalue weighted by atomic mass is 9.95. The van der Waals surface area contributed by atoms with E-state index in [-0.39, 0.29) is 22.2 Å². The van der Waals surface area contributed by atoms with Crippen molar-refractivity contribution in [2.75, 3.05) is 11.5 Å². The van der Waals surface area contributed by atoms with Gasteiger partial charge in [-0.2, -0.15) is 0 Å². The molecule has 0 saturated carbocycles. The van der Waals surface area contributed by atoms with Crippen LogP contribution in [0.3, 0.4) is 0 Å². The van der Waals surface area contributed by atoms with E-state index in [2.05, 4.69) is 4.98 Å². The molecule has 1 N–H and O–H groups in total. The summed E-state index contributed by atoms with van der Waals surface area (Å²) in [6.45, 7) is 5.94. The highest BCUT2D eigenvalue weighted by atomic mass is 32.1. The number of aromatic nitrogens is 1. The fourth-order valence-electron chi connectivity index (χ4n) is 3.74. The Bertz CT molecular complexity index is 1310. The van der Waals surface area contributed by atoms with Gasteiger partial charge in [-0.25, -0.2) is 4.98 Å². The molecular formula is C24H21N3O6S. The molecule has 34 heavy (non-hydrogen) atoms. The molecule has 1 amide bonds. The Morgan fingerprint density at radius 2 is 1.91 bits per heavy atom. The number of hydrogen-bond acceptors (Lipinski definition) is 8. The third-order valence-corrected chi connectivity index (χ3v) is 6.58. The number of carbonyl (C=O) groups excluding carboxylic acids is 2. The fourth-order valence-corrected chi connectivity index (χ4v) is 4.68. The van der Waals surface area contributed by atoms with Crippen LogP contribution in [0.4, 0.5) is 10.8 Å². The summed E-state index contributed by atoms with van der Waals surface area (Å²) in [5.74, 6) is -1.56. The molecule has 3 aromatic rings. The van der Waals surface area contributed by atoms with E-state index in [1.54, 1.807) is 37.3 Å². The Morgan fingerprint density at radius 3 is 2.50 bits per heavy atom. The number of nitrogens with zero attached hydrogens (tertiary/aromatic N) is 3. The number of non-ortho nitro benzene ring substituents is 1. The number of aliphatic hydroxyl groups excluding tert-OH is 1. The average Bonchev–Trinajstić information content (AvgIpc) is 3.29. The summed E-state index contributed by atoms with van der Waals surface area (Å²) in [6.07, 6.45) is 0. The summed E-state index contributed by atoms with van der Waals surface area (Å²) in [6, 6.07) is 11.0. The molecule has 1 aliphatic heterocycles. The Labute approximate surface area is 199 Å². The maximum absolute atomic E-state index is 13.2. The number of aliphatic hydroxyl groups is 1. The Kier molecular flexibility index (Phi) is 6.16. The lowest BCUT2D eigenvalue weighted by molar-refractivity contribution is -0.384. The molecule has 2 aromatic carbocycles. The largest absolute Gasteiger partial charge is 0.507 e. The van der Waals surface area contributed by atoms with Gasteiger partial charge in [0.1, 0.15) is 11.5 Å². The molecule has 4 rings (SSSR count). The molecule has 0 spiro atoms. The number of benzene rings is 2. The van der Waals surface area contributed by atoms with Crippen LogP contribution in [-0.4, -0.2) is 33.3 Å². The minimum absolute atomic E-state index is 0.167. The first kappa shape index (κ1) is 23.1. The standard InChI is InChI=1S/C24H21N3O6S/c1-4-33-18-10-8-15(9-11-18)21(28)19-20(16-6-5-7-17(12-16)27(31)32)26(23(30)22(19)29)24-25-13(2)14(3)34-24/h5-12,20,28H,4H2,1-3H3. The highest BCUT2D eigenvalue weighted by molar-refractivity contribution is 7.16. The van der Waals surface area contributed by atoms with Crippen LogP contribution in [0.25, 0.3) is 5.76 Å². The van der Waals surface area contributed by atoms with Gasteiger partial charge in [0.2, 0.25) is 0 Å². The second-order valence-corrected chi connectivity index (χ2v) is 8.80. The Morgan fingerprint density at radius 1 is 1.21 bits per heavy atom. The van der Waals surface area contributed by atoms with Gasteiger partial charge < -0.3 is 9.84 Å². The van der Waals surface area contributed by atoms with Crippen molar-refractivity contribution in [1.29, 1.82) is 0 Å². The van der Waals surface area contributed by atoms with Crippen molar-refractivity contribution in [1.82, 2.24) is 4.98 Å². The molecule has 0 radical (unpaired) electrons.